The van der Waals surface area contributed by atoms with Crippen LogP contribution in [0.3, 0.4) is 0 Å². The van der Waals surface area contributed by atoms with Gasteiger partial charge in [-0.25, -0.2) is 0 Å². The number of rotatable bonds is 5. The Hall–Kier alpha value is -1.91. The van der Waals surface area contributed by atoms with Crippen LogP contribution in [0.4, 0.5) is 5.69 Å². The first-order valence-electron chi connectivity index (χ1n) is 9.82. The maximum absolute atomic E-state index is 5.80. The van der Waals surface area contributed by atoms with Crippen molar-refractivity contribution in [1.29, 1.82) is 0 Å². The molecule has 1 aromatic heterocycles. The third-order valence-electron chi connectivity index (χ3n) is 5.76. The third kappa shape index (κ3) is 4.25. The summed E-state index contributed by atoms with van der Waals surface area (Å²) in [6.45, 7) is 6.13. The molecule has 2 saturated heterocycles. The number of piperidine rings is 1. The zero-order chi connectivity index (χ0) is 17.8. The van der Waals surface area contributed by atoms with Crippen LogP contribution >= 0.6 is 0 Å². The van der Waals surface area contributed by atoms with E-state index in [4.69, 9.17) is 4.74 Å². The molecule has 0 spiro atoms. The number of anilines is 1. The summed E-state index contributed by atoms with van der Waals surface area (Å²) in [6, 6.07) is 14.2. The summed E-state index contributed by atoms with van der Waals surface area (Å²) in [7, 11) is 0. The first-order chi connectivity index (χ1) is 12.8. The maximum Gasteiger partial charge on any atom is 0.0623 e. The van der Waals surface area contributed by atoms with Crippen molar-refractivity contribution < 1.29 is 4.74 Å². The second-order valence-corrected chi connectivity index (χ2v) is 7.73. The average molecular weight is 351 g/mol. The van der Waals surface area contributed by atoms with Crippen molar-refractivity contribution in [3.05, 3.63) is 59.9 Å². The zero-order valence-electron chi connectivity index (χ0n) is 15.6. The number of pyridine rings is 1. The van der Waals surface area contributed by atoms with Crippen LogP contribution in [0.15, 0.2) is 48.8 Å². The standard InChI is InChI=1S/C22H29N3O/c1-17-3-2-4-21(13-17)25-11-7-20(8-12-25)24-22-16-26-15-19(22)14-18-5-9-23-10-6-18/h2-6,9-10,13,19-20,22,24H,7-8,11-12,14-16H2,1H3/t19-,22-/m1/s1. The van der Waals surface area contributed by atoms with E-state index in [1.54, 1.807) is 0 Å². The van der Waals surface area contributed by atoms with Crippen LogP contribution in [0.2, 0.25) is 0 Å². The molecule has 2 fully saturated rings. The summed E-state index contributed by atoms with van der Waals surface area (Å²) in [4.78, 5) is 6.64. The fraction of sp³-hybridized carbons (Fsp3) is 0.500. The molecule has 4 heteroatoms. The molecule has 0 aliphatic carbocycles. The summed E-state index contributed by atoms with van der Waals surface area (Å²) in [5, 5.41) is 3.90. The van der Waals surface area contributed by atoms with Crippen molar-refractivity contribution in [3.63, 3.8) is 0 Å². The van der Waals surface area contributed by atoms with Crippen LogP contribution in [0, 0.1) is 12.8 Å². The van der Waals surface area contributed by atoms with Gasteiger partial charge >= 0.3 is 0 Å². The molecular weight excluding hydrogens is 322 g/mol. The van der Waals surface area contributed by atoms with Crippen LogP contribution < -0.4 is 10.2 Å². The molecule has 4 nitrogen and oxygen atoms in total. The number of aryl methyl sites for hydroxylation is 1. The molecule has 26 heavy (non-hydrogen) atoms. The number of nitrogens with zero attached hydrogens (tertiary/aromatic N) is 2. The highest BCUT2D eigenvalue weighted by atomic mass is 16.5. The largest absolute Gasteiger partial charge is 0.379 e. The van der Waals surface area contributed by atoms with Gasteiger partial charge in [0.25, 0.3) is 0 Å². The van der Waals surface area contributed by atoms with Crippen molar-refractivity contribution in [3.8, 4) is 0 Å². The Bertz CT molecular complexity index is 698. The van der Waals surface area contributed by atoms with Gasteiger partial charge in [0.15, 0.2) is 0 Å². The van der Waals surface area contributed by atoms with Crippen LogP contribution in [-0.4, -0.2) is 43.4 Å². The number of hydrogen-bond donors (Lipinski definition) is 1. The van der Waals surface area contributed by atoms with E-state index in [1.807, 2.05) is 12.4 Å². The fourth-order valence-electron chi connectivity index (χ4n) is 4.24. The van der Waals surface area contributed by atoms with E-state index >= 15 is 0 Å². The molecule has 2 aliphatic heterocycles. The monoisotopic (exact) mass is 351 g/mol. The van der Waals surface area contributed by atoms with E-state index in [0.717, 1.165) is 32.7 Å². The lowest BCUT2D eigenvalue weighted by molar-refractivity contribution is 0.181. The van der Waals surface area contributed by atoms with Crippen molar-refractivity contribution in [2.24, 2.45) is 5.92 Å². The van der Waals surface area contributed by atoms with Crippen molar-refractivity contribution in [2.75, 3.05) is 31.2 Å². The summed E-state index contributed by atoms with van der Waals surface area (Å²) in [6.07, 6.45) is 7.24. The first-order valence-corrected chi connectivity index (χ1v) is 9.82. The smallest absolute Gasteiger partial charge is 0.0623 e. The predicted molar refractivity (Wildman–Crippen MR) is 106 cm³/mol. The average Bonchev–Trinajstić information content (AvgIpc) is 3.10. The van der Waals surface area contributed by atoms with Crippen LogP contribution in [-0.2, 0) is 11.2 Å². The Balaban J connectivity index is 1.29. The lowest BCUT2D eigenvalue weighted by atomic mass is 9.93. The van der Waals surface area contributed by atoms with Crippen LogP contribution in [0.5, 0.6) is 0 Å². The number of benzene rings is 1. The van der Waals surface area contributed by atoms with Crippen molar-refractivity contribution in [2.45, 2.75) is 38.3 Å². The molecule has 2 atom stereocenters. The minimum absolute atomic E-state index is 0.471. The van der Waals surface area contributed by atoms with Gasteiger partial charge in [0.2, 0.25) is 0 Å². The van der Waals surface area contributed by atoms with Crippen molar-refractivity contribution in [1.82, 2.24) is 10.3 Å². The van der Waals surface area contributed by atoms with E-state index in [1.165, 1.54) is 29.7 Å². The van der Waals surface area contributed by atoms with Gasteiger partial charge in [-0.1, -0.05) is 12.1 Å². The Kier molecular flexibility index (Phi) is 5.51. The van der Waals surface area contributed by atoms with Gasteiger partial charge in [0.1, 0.15) is 0 Å². The number of hydrogen-bond acceptors (Lipinski definition) is 4. The van der Waals surface area contributed by atoms with Gasteiger partial charge in [0, 0.05) is 49.2 Å². The highest BCUT2D eigenvalue weighted by Crippen LogP contribution is 2.24. The van der Waals surface area contributed by atoms with E-state index in [-0.39, 0.29) is 0 Å². The molecule has 0 bridgehead atoms. The highest BCUT2D eigenvalue weighted by molar-refractivity contribution is 5.48. The van der Waals surface area contributed by atoms with Gasteiger partial charge in [-0.2, -0.15) is 0 Å². The molecular formula is C22H29N3O. The molecule has 0 unspecified atom stereocenters. The van der Waals surface area contributed by atoms with E-state index in [0.29, 0.717) is 18.0 Å². The second-order valence-electron chi connectivity index (χ2n) is 7.73. The lowest BCUT2D eigenvalue weighted by Crippen LogP contribution is -2.48. The van der Waals surface area contributed by atoms with Gasteiger partial charge in [-0.3, -0.25) is 4.98 Å². The molecule has 1 aromatic carbocycles. The minimum Gasteiger partial charge on any atom is -0.379 e. The molecule has 2 aliphatic rings. The summed E-state index contributed by atoms with van der Waals surface area (Å²) >= 11 is 0. The van der Waals surface area contributed by atoms with E-state index < -0.39 is 0 Å². The Morgan fingerprint density at radius 2 is 1.92 bits per heavy atom. The fourth-order valence-corrected chi connectivity index (χ4v) is 4.24. The first kappa shape index (κ1) is 17.5. The number of aromatic nitrogens is 1. The number of ether oxygens (including phenoxy) is 1. The molecule has 2 aromatic rings. The summed E-state index contributed by atoms with van der Waals surface area (Å²) < 4.78 is 5.80. The number of nitrogens with one attached hydrogen (secondary N) is 1. The summed E-state index contributed by atoms with van der Waals surface area (Å²) in [5.74, 6) is 0.562. The molecule has 1 N–H and O–H groups in total. The minimum atomic E-state index is 0.471. The van der Waals surface area contributed by atoms with Gasteiger partial charge in [0.05, 0.1) is 13.2 Å². The topological polar surface area (TPSA) is 37.4 Å². The second kappa shape index (κ2) is 8.19. The molecule has 138 valence electrons. The van der Waals surface area contributed by atoms with Crippen LogP contribution in [0.25, 0.3) is 0 Å². The Labute approximate surface area is 156 Å². The lowest BCUT2D eigenvalue weighted by Gasteiger charge is -2.36. The highest BCUT2D eigenvalue weighted by Gasteiger charge is 2.31. The predicted octanol–water partition coefficient (Wildman–Crippen LogP) is 3.21. The van der Waals surface area contributed by atoms with E-state index in [9.17, 15) is 0 Å². The van der Waals surface area contributed by atoms with Gasteiger partial charge in [-0.05, 0) is 61.6 Å². The normalized spacial score (nSPS) is 24.1. The van der Waals surface area contributed by atoms with Crippen molar-refractivity contribution >= 4 is 5.69 Å². The molecule has 4 rings (SSSR count). The molecule has 0 amide bonds. The quantitative estimate of drug-likeness (QED) is 0.898. The zero-order valence-corrected chi connectivity index (χ0v) is 15.6. The third-order valence-corrected chi connectivity index (χ3v) is 5.76. The SMILES string of the molecule is Cc1cccc(N2CCC(N[C@@H]3COC[C@H]3Cc3ccncc3)CC2)c1. The molecule has 0 radical (unpaired) electrons. The Morgan fingerprint density at radius 1 is 1.12 bits per heavy atom. The maximum atomic E-state index is 5.80. The molecule has 0 saturated carbocycles. The summed E-state index contributed by atoms with van der Waals surface area (Å²) in [5.41, 5.74) is 4.06. The van der Waals surface area contributed by atoms with Gasteiger partial charge in [-0.15, -0.1) is 0 Å². The van der Waals surface area contributed by atoms with E-state index in [2.05, 4.69) is 58.5 Å². The van der Waals surface area contributed by atoms with Crippen LogP contribution in [0.1, 0.15) is 24.0 Å². The molecule has 3 heterocycles. The van der Waals surface area contributed by atoms with Gasteiger partial charge < -0.3 is 15.0 Å². The Morgan fingerprint density at radius 3 is 2.69 bits per heavy atom.